The smallest absolute Gasteiger partial charge is 0.222 e. The third kappa shape index (κ3) is 5.60. The number of nitrogens with zero attached hydrogens (tertiary/aromatic N) is 1. The number of hydrogen-bond acceptors (Lipinski definition) is 2. The molecule has 1 amide bonds. The van der Waals surface area contributed by atoms with Gasteiger partial charge in [0.1, 0.15) is 11.6 Å². The van der Waals surface area contributed by atoms with Gasteiger partial charge in [-0.2, -0.15) is 0 Å². The van der Waals surface area contributed by atoms with E-state index in [1.165, 1.54) is 24.3 Å². The van der Waals surface area contributed by atoms with E-state index in [9.17, 15) is 13.6 Å². The third-order valence-electron chi connectivity index (χ3n) is 5.15. The molecule has 0 atom stereocenters. The Morgan fingerprint density at radius 3 is 1.93 bits per heavy atom. The molecule has 144 valence electrons. The summed E-state index contributed by atoms with van der Waals surface area (Å²) >= 11 is 0. The van der Waals surface area contributed by atoms with E-state index >= 15 is 0 Å². The minimum Gasteiger partial charge on any atom is -0.340 e. The Morgan fingerprint density at radius 1 is 0.889 bits per heavy atom. The van der Waals surface area contributed by atoms with Gasteiger partial charge in [-0.1, -0.05) is 30.7 Å². The molecule has 3 rings (SSSR count). The quantitative estimate of drug-likeness (QED) is 0.743. The number of piperazine rings is 1. The van der Waals surface area contributed by atoms with Crippen LogP contribution in [0.15, 0.2) is 48.5 Å². The molecule has 3 nitrogen and oxygen atoms in total. The van der Waals surface area contributed by atoms with Crippen molar-refractivity contribution in [1.29, 1.82) is 0 Å². The Labute approximate surface area is 159 Å². The highest BCUT2D eigenvalue weighted by Gasteiger charge is 2.17. The predicted molar refractivity (Wildman–Crippen MR) is 103 cm³/mol. The van der Waals surface area contributed by atoms with Crippen LogP contribution >= 0.6 is 0 Å². The number of carbonyl (C=O) groups excluding carboxylic acids is 1. The number of halogens is 2. The molecule has 1 aliphatic heterocycles. The normalized spacial score (nSPS) is 14.6. The lowest BCUT2D eigenvalue weighted by Crippen LogP contribution is -2.46. The van der Waals surface area contributed by atoms with Crippen molar-refractivity contribution in [3.63, 3.8) is 0 Å². The fraction of sp³-hybridized carbons (Fsp3) is 0.409. The van der Waals surface area contributed by atoms with Gasteiger partial charge < -0.3 is 10.2 Å². The predicted octanol–water partition coefficient (Wildman–Crippen LogP) is 4.09. The lowest BCUT2D eigenvalue weighted by molar-refractivity contribution is -0.131. The first-order valence-electron chi connectivity index (χ1n) is 9.63. The van der Waals surface area contributed by atoms with Crippen LogP contribution in [-0.4, -0.2) is 37.0 Å². The summed E-state index contributed by atoms with van der Waals surface area (Å²) in [5.41, 5.74) is 2.02. The lowest BCUT2D eigenvalue weighted by atomic mass is 9.87. The number of rotatable bonds is 7. The van der Waals surface area contributed by atoms with Gasteiger partial charge in [0.2, 0.25) is 5.91 Å². The number of carbonyl (C=O) groups is 1. The Balaban J connectivity index is 1.59. The number of unbranched alkanes of at least 4 members (excludes halogenated alkanes) is 1. The Hall–Kier alpha value is -2.27. The van der Waals surface area contributed by atoms with E-state index in [0.717, 1.165) is 56.6 Å². The van der Waals surface area contributed by atoms with Crippen LogP contribution in [0.25, 0.3) is 0 Å². The Bertz CT molecular complexity index is 679. The zero-order valence-electron chi connectivity index (χ0n) is 15.5. The topological polar surface area (TPSA) is 32.3 Å². The second kappa shape index (κ2) is 9.60. The van der Waals surface area contributed by atoms with E-state index in [1.807, 2.05) is 4.90 Å². The second-order valence-corrected chi connectivity index (χ2v) is 7.03. The molecule has 0 aliphatic carbocycles. The minimum absolute atomic E-state index is 0.0699. The van der Waals surface area contributed by atoms with Crippen LogP contribution in [0.4, 0.5) is 8.78 Å². The fourth-order valence-corrected chi connectivity index (χ4v) is 3.61. The van der Waals surface area contributed by atoms with Crippen LogP contribution in [0.2, 0.25) is 0 Å². The van der Waals surface area contributed by atoms with Gasteiger partial charge in [0.15, 0.2) is 0 Å². The Morgan fingerprint density at radius 2 is 1.41 bits per heavy atom. The van der Waals surface area contributed by atoms with Crippen LogP contribution in [-0.2, 0) is 4.79 Å². The summed E-state index contributed by atoms with van der Waals surface area (Å²) in [7, 11) is 0. The minimum atomic E-state index is -0.266. The van der Waals surface area contributed by atoms with E-state index in [-0.39, 0.29) is 23.5 Å². The maximum absolute atomic E-state index is 13.3. The van der Waals surface area contributed by atoms with Crippen LogP contribution in [0, 0.1) is 11.6 Å². The van der Waals surface area contributed by atoms with Crippen LogP contribution in [0.3, 0.4) is 0 Å². The van der Waals surface area contributed by atoms with Crippen molar-refractivity contribution in [3.8, 4) is 0 Å². The van der Waals surface area contributed by atoms with Crippen LogP contribution < -0.4 is 5.32 Å². The van der Waals surface area contributed by atoms with Crippen molar-refractivity contribution in [3.05, 3.63) is 71.3 Å². The third-order valence-corrected chi connectivity index (χ3v) is 5.15. The second-order valence-electron chi connectivity index (χ2n) is 7.03. The van der Waals surface area contributed by atoms with Crippen molar-refractivity contribution < 1.29 is 13.6 Å². The summed E-state index contributed by atoms with van der Waals surface area (Å²) in [5, 5.41) is 3.25. The first-order valence-corrected chi connectivity index (χ1v) is 9.63. The highest BCUT2D eigenvalue weighted by molar-refractivity contribution is 5.76. The van der Waals surface area contributed by atoms with Crippen molar-refractivity contribution in [2.24, 2.45) is 0 Å². The van der Waals surface area contributed by atoms with Crippen molar-refractivity contribution >= 4 is 5.91 Å². The van der Waals surface area contributed by atoms with Gasteiger partial charge in [-0.15, -0.1) is 0 Å². The standard InChI is InChI=1S/C22H26F2N2O/c23-19-9-5-17(6-10-19)21(18-7-11-20(24)12-8-18)3-1-2-4-22(27)26-15-13-25-14-16-26/h5-12,21,25H,1-4,13-16H2. The van der Waals surface area contributed by atoms with Crippen molar-refractivity contribution in [2.75, 3.05) is 26.2 Å². The van der Waals surface area contributed by atoms with Gasteiger partial charge in [-0.25, -0.2) is 8.78 Å². The van der Waals surface area contributed by atoms with Gasteiger partial charge in [0.25, 0.3) is 0 Å². The average molecular weight is 372 g/mol. The van der Waals surface area contributed by atoms with Gasteiger partial charge in [0.05, 0.1) is 0 Å². The van der Waals surface area contributed by atoms with E-state index < -0.39 is 0 Å². The highest BCUT2D eigenvalue weighted by atomic mass is 19.1. The molecule has 27 heavy (non-hydrogen) atoms. The Kier molecular flexibility index (Phi) is 6.93. The van der Waals surface area contributed by atoms with Crippen LogP contribution in [0.1, 0.15) is 42.7 Å². The van der Waals surface area contributed by atoms with Gasteiger partial charge >= 0.3 is 0 Å². The van der Waals surface area contributed by atoms with Gasteiger partial charge in [-0.05, 0) is 48.2 Å². The molecule has 0 aromatic heterocycles. The zero-order valence-corrected chi connectivity index (χ0v) is 15.5. The molecule has 1 N–H and O–H groups in total. The molecule has 0 unspecified atom stereocenters. The number of hydrogen-bond donors (Lipinski definition) is 1. The molecule has 1 fully saturated rings. The lowest BCUT2D eigenvalue weighted by Gasteiger charge is -2.27. The van der Waals surface area contributed by atoms with E-state index in [2.05, 4.69) is 5.32 Å². The monoisotopic (exact) mass is 372 g/mol. The first kappa shape index (κ1) is 19.5. The van der Waals surface area contributed by atoms with Crippen LogP contribution in [0.5, 0.6) is 0 Å². The molecule has 1 aliphatic rings. The zero-order chi connectivity index (χ0) is 19.1. The molecule has 1 saturated heterocycles. The largest absolute Gasteiger partial charge is 0.340 e. The fourth-order valence-electron chi connectivity index (χ4n) is 3.61. The van der Waals surface area contributed by atoms with Gasteiger partial charge in [0, 0.05) is 38.5 Å². The molecule has 0 spiro atoms. The highest BCUT2D eigenvalue weighted by Crippen LogP contribution is 2.30. The van der Waals surface area contributed by atoms with E-state index in [1.54, 1.807) is 24.3 Å². The summed E-state index contributed by atoms with van der Waals surface area (Å²) in [6.07, 6.45) is 3.10. The molecule has 5 heteroatoms. The molecule has 2 aromatic rings. The first-order chi connectivity index (χ1) is 13.1. The maximum Gasteiger partial charge on any atom is 0.222 e. The molecule has 0 bridgehead atoms. The molecule has 0 saturated carbocycles. The molecule has 1 heterocycles. The van der Waals surface area contributed by atoms with Crippen molar-refractivity contribution in [2.45, 2.75) is 31.6 Å². The summed E-state index contributed by atoms with van der Waals surface area (Å²) in [6.45, 7) is 3.30. The summed E-state index contributed by atoms with van der Waals surface area (Å²) < 4.78 is 26.6. The summed E-state index contributed by atoms with van der Waals surface area (Å²) in [4.78, 5) is 14.2. The average Bonchev–Trinajstić information content (AvgIpc) is 2.70. The SMILES string of the molecule is O=C(CCCCC(c1ccc(F)cc1)c1ccc(F)cc1)N1CCNCC1. The molecule has 2 aromatic carbocycles. The summed E-state index contributed by atoms with van der Waals surface area (Å²) in [6, 6.07) is 13.0. The molecular weight excluding hydrogens is 346 g/mol. The summed E-state index contributed by atoms with van der Waals surface area (Å²) in [5.74, 6) is -0.242. The van der Waals surface area contributed by atoms with E-state index in [4.69, 9.17) is 0 Å². The number of benzene rings is 2. The molecular formula is C22H26F2N2O. The molecule has 0 radical (unpaired) electrons. The van der Waals surface area contributed by atoms with Crippen molar-refractivity contribution in [1.82, 2.24) is 10.2 Å². The maximum atomic E-state index is 13.3. The van der Waals surface area contributed by atoms with Gasteiger partial charge in [-0.3, -0.25) is 4.79 Å². The van der Waals surface area contributed by atoms with E-state index in [0.29, 0.717) is 6.42 Å². The number of nitrogens with one attached hydrogen (secondary N) is 1. The number of amides is 1.